The van der Waals surface area contributed by atoms with Crippen LogP contribution in [0.3, 0.4) is 0 Å². The van der Waals surface area contributed by atoms with Crippen LogP contribution in [-0.4, -0.2) is 46.2 Å². The Morgan fingerprint density at radius 2 is 2.00 bits per heavy atom. The highest BCUT2D eigenvalue weighted by Gasteiger charge is 2.38. The number of ether oxygens (including phenoxy) is 2. The van der Waals surface area contributed by atoms with Crippen LogP contribution in [-0.2, 0) is 29.0 Å². The zero-order chi connectivity index (χ0) is 17.7. The molecule has 1 aromatic heterocycles. The van der Waals surface area contributed by atoms with Gasteiger partial charge >= 0.3 is 0 Å². The van der Waals surface area contributed by atoms with Crippen molar-refractivity contribution < 1.29 is 9.47 Å². The van der Waals surface area contributed by atoms with Gasteiger partial charge in [0.15, 0.2) is 0 Å². The van der Waals surface area contributed by atoms with Crippen LogP contribution in [0.25, 0.3) is 0 Å². The molecule has 140 valence electrons. The Morgan fingerprint density at radius 3 is 2.85 bits per heavy atom. The summed E-state index contributed by atoms with van der Waals surface area (Å²) in [6.45, 7) is 4.13. The molecule has 26 heavy (non-hydrogen) atoms. The number of rotatable bonds is 6. The van der Waals surface area contributed by atoms with E-state index < -0.39 is 0 Å². The molecule has 2 aliphatic heterocycles. The molecular weight excluding hydrogens is 328 g/mol. The van der Waals surface area contributed by atoms with Crippen LogP contribution >= 0.6 is 0 Å². The number of hydrogen-bond acceptors (Lipinski definition) is 5. The second kappa shape index (κ2) is 8.29. The van der Waals surface area contributed by atoms with E-state index in [0.717, 1.165) is 70.8 Å². The molecule has 1 unspecified atom stereocenters. The van der Waals surface area contributed by atoms with Crippen molar-refractivity contribution in [3.05, 3.63) is 48.0 Å². The fraction of sp³-hybridized carbons (Fsp3) is 0.600. The Labute approximate surface area is 154 Å². The lowest BCUT2D eigenvalue weighted by molar-refractivity contribution is -0.140. The topological polar surface area (TPSA) is 61.2 Å². The average molecular weight is 356 g/mol. The predicted octanol–water partition coefficient (Wildman–Crippen LogP) is 2.34. The van der Waals surface area contributed by atoms with Gasteiger partial charge in [0.1, 0.15) is 12.2 Å². The van der Waals surface area contributed by atoms with Gasteiger partial charge < -0.3 is 19.4 Å². The highest BCUT2D eigenvalue weighted by atomic mass is 16.5. The van der Waals surface area contributed by atoms with Crippen molar-refractivity contribution >= 4 is 0 Å². The van der Waals surface area contributed by atoms with E-state index in [0.29, 0.717) is 6.04 Å². The molecule has 2 aliphatic rings. The van der Waals surface area contributed by atoms with Gasteiger partial charge in [0.25, 0.3) is 0 Å². The minimum absolute atomic E-state index is 0.0230. The predicted molar refractivity (Wildman–Crippen MR) is 98.8 cm³/mol. The van der Waals surface area contributed by atoms with E-state index in [1.54, 1.807) is 0 Å². The van der Waals surface area contributed by atoms with Crippen molar-refractivity contribution in [3.63, 3.8) is 0 Å². The number of benzene rings is 1. The van der Waals surface area contributed by atoms with Crippen LogP contribution < -0.4 is 5.32 Å². The van der Waals surface area contributed by atoms with Gasteiger partial charge in [-0.05, 0) is 37.7 Å². The summed E-state index contributed by atoms with van der Waals surface area (Å²) in [4.78, 5) is 0. The SMILES string of the molecule is c1ccc(CCn2cnnc2CNC2CCOC3(CCOCC3)C2)cc1. The van der Waals surface area contributed by atoms with Crippen LogP contribution in [0.5, 0.6) is 0 Å². The minimum atomic E-state index is 0.0230. The molecule has 3 heterocycles. The Kier molecular flexibility index (Phi) is 5.62. The van der Waals surface area contributed by atoms with Gasteiger partial charge in [-0.2, -0.15) is 0 Å². The Hall–Kier alpha value is -1.76. The molecule has 1 spiro atoms. The van der Waals surface area contributed by atoms with Crippen molar-refractivity contribution in [2.75, 3.05) is 19.8 Å². The van der Waals surface area contributed by atoms with E-state index in [4.69, 9.17) is 9.47 Å². The average Bonchev–Trinajstić information content (AvgIpc) is 3.14. The first-order valence-electron chi connectivity index (χ1n) is 9.69. The molecule has 0 aliphatic carbocycles. The van der Waals surface area contributed by atoms with Crippen LogP contribution in [0.15, 0.2) is 36.7 Å². The maximum atomic E-state index is 6.13. The smallest absolute Gasteiger partial charge is 0.146 e. The first kappa shape index (κ1) is 17.6. The maximum Gasteiger partial charge on any atom is 0.146 e. The van der Waals surface area contributed by atoms with E-state index in [9.17, 15) is 0 Å². The largest absolute Gasteiger partial charge is 0.381 e. The van der Waals surface area contributed by atoms with Gasteiger partial charge in [-0.3, -0.25) is 0 Å². The van der Waals surface area contributed by atoms with Gasteiger partial charge in [0.2, 0.25) is 0 Å². The quantitative estimate of drug-likeness (QED) is 0.861. The van der Waals surface area contributed by atoms with Gasteiger partial charge in [-0.25, -0.2) is 0 Å². The van der Waals surface area contributed by atoms with Crippen LogP contribution in [0.2, 0.25) is 0 Å². The summed E-state index contributed by atoms with van der Waals surface area (Å²) >= 11 is 0. The number of nitrogens with one attached hydrogen (secondary N) is 1. The molecule has 4 rings (SSSR count). The number of nitrogens with zero attached hydrogens (tertiary/aromatic N) is 3. The highest BCUT2D eigenvalue weighted by molar-refractivity contribution is 5.14. The lowest BCUT2D eigenvalue weighted by Gasteiger charge is -2.43. The Bertz CT molecular complexity index is 677. The zero-order valence-electron chi connectivity index (χ0n) is 15.3. The van der Waals surface area contributed by atoms with Crippen molar-refractivity contribution in [1.29, 1.82) is 0 Å². The molecule has 0 bridgehead atoms. The second-order valence-corrected chi connectivity index (χ2v) is 7.39. The number of aromatic nitrogens is 3. The molecule has 1 N–H and O–H groups in total. The molecule has 0 saturated carbocycles. The summed E-state index contributed by atoms with van der Waals surface area (Å²) in [5.74, 6) is 1.01. The molecule has 6 nitrogen and oxygen atoms in total. The monoisotopic (exact) mass is 356 g/mol. The first-order valence-corrected chi connectivity index (χ1v) is 9.69. The summed E-state index contributed by atoms with van der Waals surface area (Å²) in [6, 6.07) is 11.0. The normalized spacial score (nSPS) is 22.5. The molecule has 1 aromatic carbocycles. The van der Waals surface area contributed by atoms with Crippen molar-refractivity contribution in [1.82, 2.24) is 20.1 Å². The standard InChI is InChI=1S/C20H28N4O2/c1-2-4-17(5-3-1)6-10-24-16-22-23-19(24)15-21-18-7-11-26-20(14-18)8-12-25-13-9-20/h1-5,16,18,21H,6-15H2. The van der Waals surface area contributed by atoms with E-state index in [2.05, 4.69) is 50.4 Å². The fourth-order valence-corrected chi connectivity index (χ4v) is 4.03. The molecule has 0 amide bonds. The lowest BCUT2D eigenvalue weighted by Crippen LogP contribution is -2.49. The van der Waals surface area contributed by atoms with E-state index in [1.165, 1.54) is 5.56 Å². The maximum absolute atomic E-state index is 6.13. The lowest BCUT2D eigenvalue weighted by atomic mass is 9.84. The van der Waals surface area contributed by atoms with Gasteiger partial charge in [0, 0.05) is 32.4 Å². The third-order valence-electron chi connectivity index (χ3n) is 5.63. The third kappa shape index (κ3) is 4.31. The van der Waals surface area contributed by atoms with E-state index in [-0.39, 0.29) is 5.60 Å². The summed E-state index contributed by atoms with van der Waals surface area (Å²) in [6.07, 6.45) is 6.97. The number of hydrogen-bond donors (Lipinski definition) is 1. The molecule has 2 fully saturated rings. The van der Waals surface area contributed by atoms with Crippen LogP contribution in [0.4, 0.5) is 0 Å². The molecule has 6 heteroatoms. The minimum Gasteiger partial charge on any atom is -0.381 e. The fourth-order valence-electron chi connectivity index (χ4n) is 4.03. The van der Waals surface area contributed by atoms with Crippen LogP contribution in [0.1, 0.15) is 37.1 Å². The summed E-state index contributed by atoms with van der Waals surface area (Å²) in [7, 11) is 0. The molecule has 2 aromatic rings. The first-order chi connectivity index (χ1) is 12.8. The van der Waals surface area contributed by atoms with Gasteiger partial charge in [0.05, 0.1) is 12.1 Å². The Balaban J connectivity index is 1.30. The van der Waals surface area contributed by atoms with Crippen molar-refractivity contribution in [3.8, 4) is 0 Å². The molecule has 0 radical (unpaired) electrons. The number of aryl methyl sites for hydroxylation is 2. The van der Waals surface area contributed by atoms with Crippen molar-refractivity contribution in [2.24, 2.45) is 0 Å². The second-order valence-electron chi connectivity index (χ2n) is 7.39. The zero-order valence-corrected chi connectivity index (χ0v) is 15.3. The summed E-state index contributed by atoms with van der Waals surface area (Å²) in [5, 5.41) is 12.1. The highest BCUT2D eigenvalue weighted by Crippen LogP contribution is 2.34. The van der Waals surface area contributed by atoms with Crippen molar-refractivity contribution in [2.45, 2.75) is 56.8 Å². The molecule has 2 saturated heterocycles. The summed E-state index contributed by atoms with van der Waals surface area (Å²) < 4.78 is 13.8. The summed E-state index contributed by atoms with van der Waals surface area (Å²) in [5.41, 5.74) is 1.36. The van der Waals surface area contributed by atoms with E-state index in [1.807, 2.05) is 6.33 Å². The third-order valence-corrected chi connectivity index (χ3v) is 5.63. The van der Waals surface area contributed by atoms with Crippen LogP contribution in [0, 0.1) is 0 Å². The van der Waals surface area contributed by atoms with Gasteiger partial charge in [-0.15, -0.1) is 10.2 Å². The Morgan fingerprint density at radius 1 is 1.15 bits per heavy atom. The molecule has 1 atom stereocenters. The van der Waals surface area contributed by atoms with E-state index >= 15 is 0 Å². The van der Waals surface area contributed by atoms with Gasteiger partial charge in [-0.1, -0.05) is 30.3 Å². The molecular formula is C20H28N4O2.